The molecule has 4 heterocycles. The van der Waals surface area contributed by atoms with Gasteiger partial charge in [0.1, 0.15) is 35.2 Å². The second-order valence-electron chi connectivity index (χ2n) is 7.71. The maximum absolute atomic E-state index is 13.8. The van der Waals surface area contributed by atoms with E-state index in [0.29, 0.717) is 41.9 Å². The Morgan fingerprint density at radius 2 is 2.23 bits per heavy atom. The average molecular weight is 422 g/mol. The van der Waals surface area contributed by atoms with Crippen molar-refractivity contribution in [3.05, 3.63) is 36.4 Å². The standard InChI is InChI=1S/C21H23FN8O/c1-28(2)19-10-17(25-15-4-3-9-29(13-15)20(31)7-8-23)26-21(27-19)16-11-24-18-6-5-14(22)12-30(16)18/h5-6,10-12,15H,3-4,7,9,13H2,1-2H3,(H,25,26,27). The van der Waals surface area contributed by atoms with Crippen LogP contribution in [-0.4, -0.2) is 63.4 Å². The van der Waals surface area contributed by atoms with Crippen LogP contribution >= 0.6 is 0 Å². The van der Waals surface area contributed by atoms with Crippen LogP contribution in [0.15, 0.2) is 30.6 Å². The topological polar surface area (TPSA) is 102 Å². The van der Waals surface area contributed by atoms with Gasteiger partial charge in [-0.1, -0.05) is 0 Å². The fourth-order valence-electron chi connectivity index (χ4n) is 3.68. The van der Waals surface area contributed by atoms with Gasteiger partial charge in [-0.2, -0.15) is 5.26 Å². The van der Waals surface area contributed by atoms with E-state index in [-0.39, 0.29) is 24.2 Å². The number of hydrogen-bond donors (Lipinski definition) is 1. The Bertz CT molecular complexity index is 1150. The highest BCUT2D eigenvalue weighted by Gasteiger charge is 2.24. The molecule has 1 fully saturated rings. The van der Waals surface area contributed by atoms with E-state index in [1.165, 1.54) is 12.3 Å². The number of imidazole rings is 1. The normalized spacial score (nSPS) is 16.2. The molecular weight excluding hydrogens is 399 g/mol. The number of anilines is 2. The molecule has 0 aliphatic carbocycles. The third-order valence-corrected chi connectivity index (χ3v) is 5.23. The molecule has 0 aromatic carbocycles. The minimum atomic E-state index is -0.377. The quantitative estimate of drug-likeness (QED) is 0.673. The molecule has 3 aromatic rings. The number of nitriles is 1. The number of nitrogens with one attached hydrogen (secondary N) is 1. The number of fused-ring (bicyclic) bond motifs is 1. The van der Waals surface area contributed by atoms with Gasteiger partial charge in [-0.05, 0) is 25.0 Å². The molecule has 31 heavy (non-hydrogen) atoms. The first-order valence-electron chi connectivity index (χ1n) is 10.1. The Kier molecular flexibility index (Phi) is 5.66. The number of nitrogens with zero attached hydrogens (tertiary/aromatic N) is 7. The van der Waals surface area contributed by atoms with Gasteiger partial charge in [-0.25, -0.2) is 19.3 Å². The number of carbonyl (C=O) groups excluding carboxylic acids is 1. The van der Waals surface area contributed by atoms with Crippen molar-refractivity contribution in [1.29, 1.82) is 5.26 Å². The summed E-state index contributed by atoms with van der Waals surface area (Å²) < 4.78 is 15.4. The fraction of sp³-hybridized carbons (Fsp3) is 0.381. The number of hydrogen-bond acceptors (Lipinski definition) is 7. The number of pyridine rings is 1. The molecule has 1 atom stereocenters. The number of rotatable bonds is 5. The van der Waals surface area contributed by atoms with Gasteiger partial charge in [0.15, 0.2) is 5.82 Å². The molecule has 1 aliphatic heterocycles. The highest BCUT2D eigenvalue weighted by Crippen LogP contribution is 2.24. The lowest BCUT2D eigenvalue weighted by atomic mass is 10.1. The van der Waals surface area contributed by atoms with E-state index in [0.717, 1.165) is 12.8 Å². The van der Waals surface area contributed by atoms with Crippen LogP contribution < -0.4 is 10.2 Å². The molecule has 10 heteroatoms. The van der Waals surface area contributed by atoms with E-state index in [2.05, 4.69) is 20.3 Å². The van der Waals surface area contributed by atoms with E-state index in [9.17, 15) is 9.18 Å². The first kappa shape index (κ1) is 20.5. The molecule has 1 N–H and O–H groups in total. The monoisotopic (exact) mass is 422 g/mol. The van der Waals surface area contributed by atoms with Gasteiger partial charge in [0.05, 0.1) is 12.3 Å². The van der Waals surface area contributed by atoms with E-state index >= 15 is 0 Å². The van der Waals surface area contributed by atoms with Gasteiger partial charge in [-0.15, -0.1) is 0 Å². The number of amides is 1. The summed E-state index contributed by atoms with van der Waals surface area (Å²) in [6.45, 7) is 1.17. The van der Waals surface area contributed by atoms with Crippen LogP contribution in [0.5, 0.6) is 0 Å². The Labute approximate surface area is 179 Å². The fourth-order valence-corrected chi connectivity index (χ4v) is 3.68. The summed E-state index contributed by atoms with van der Waals surface area (Å²) in [5.41, 5.74) is 1.18. The number of carbonyl (C=O) groups is 1. The number of aromatic nitrogens is 4. The molecule has 1 aliphatic rings. The molecule has 4 rings (SSSR count). The maximum atomic E-state index is 13.8. The molecule has 0 radical (unpaired) electrons. The third kappa shape index (κ3) is 4.40. The number of likely N-dealkylation sites (tertiary alicyclic amines) is 1. The smallest absolute Gasteiger partial charge is 0.236 e. The van der Waals surface area contributed by atoms with Crippen molar-refractivity contribution in [1.82, 2.24) is 24.3 Å². The predicted molar refractivity (Wildman–Crippen MR) is 114 cm³/mol. The summed E-state index contributed by atoms with van der Waals surface area (Å²) >= 11 is 0. The van der Waals surface area contributed by atoms with Crippen LogP contribution in [0.2, 0.25) is 0 Å². The molecule has 9 nitrogen and oxygen atoms in total. The SMILES string of the molecule is CN(C)c1cc(NC2CCCN(C(=O)CC#N)C2)nc(-c2cnc3ccc(F)cn23)n1. The lowest BCUT2D eigenvalue weighted by Crippen LogP contribution is -2.45. The number of piperidine rings is 1. The van der Waals surface area contributed by atoms with Gasteiger partial charge in [0, 0.05) is 45.5 Å². The minimum absolute atomic E-state index is 0.00813. The zero-order valence-electron chi connectivity index (χ0n) is 17.4. The summed E-state index contributed by atoms with van der Waals surface area (Å²) in [5.74, 6) is 1.18. The van der Waals surface area contributed by atoms with Crippen molar-refractivity contribution >= 4 is 23.2 Å². The lowest BCUT2D eigenvalue weighted by Gasteiger charge is -2.33. The Morgan fingerprint density at radius 1 is 1.39 bits per heavy atom. The Morgan fingerprint density at radius 3 is 3.00 bits per heavy atom. The molecule has 160 valence electrons. The molecule has 0 saturated carbocycles. The maximum Gasteiger partial charge on any atom is 0.236 e. The van der Waals surface area contributed by atoms with E-state index in [1.807, 2.05) is 31.1 Å². The molecule has 0 bridgehead atoms. The van der Waals surface area contributed by atoms with E-state index in [4.69, 9.17) is 5.26 Å². The van der Waals surface area contributed by atoms with Crippen molar-refractivity contribution in [2.45, 2.75) is 25.3 Å². The van der Waals surface area contributed by atoms with Gasteiger partial charge >= 0.3 is 0 Å². The highest BCUT2D eigenvalue weighted by atomic mass is 19.1. The first-order chi connectivity index (χ1) is 14.9. The zero-order chi connectivity index (χ0) is 22.0. The van der Waals surface area contributed by atoms with Crippen molar-refractivity contribution < 1.29 is 9.18 Å². The van der Waals surface area contributed by atoms with Crippen molar-refractivity contribution in [3.8, 4) is 17.6 Å². The average Bonchev–Trinajstić information content (AvgIpc) is 3.17. The second-order valence-corrected chi connectivity index (χ2v) is 7.71. The van der Waals surface area contributed by atoms with Crippen LogP contribution in [0.3, 0.4) is 0 Å². The zero-order valence-corrected chi connectivity index (χ0v) is 17.4. The summed E-state index contributed by atoms with van der Waals surface area (Å²) in [6, 6.07) is 6.72. The van der Waals surface area contributed by atoms with Crippen molar-refractivity contribution in [2.24, 2.45) is 0 Å². The number of halogens is 1. The summed E-state index contributed by atoms with van der Waals surface area (Å²) in [5, 5.41) is 12.2. The Hall–Kier alpha value is -3.74. The van der Waals surface area contributed by atoms with Gasteiger partial charge in [0.2, 0.25) is 5.91 Å². The molecular formula is C21H23FN8O. The van der Waals surface area contributed by atoms with Crippen LogP contribution in [0.1, 0.15) is 19.3 Å². The molecule has 1 unspecified atom stereocenters. The third-order valence-electron chi connectivity index (χ3n) is 5.23. The van der Waals surface area contributed by atoms with Gasteiger partial charge < -0.3 is 15.1 Å². The molecule has 3 aromatic heterocycles. The second kappa shape index (κ2) is 8.55. The first-order valence-corrected chi connectivity index (χ1v) is 10.1. The van der Waals surface area contributed by atoms with Crippen molar-refractivity contribution in [3.63, 3.8) is 0 Å². The molecule has 1 amide bonds. The molecule has 0 spiro atoms. The van der Waals surface area contributed by atoms with Gasteiger partial charge in [0.25, 0.3) is 0 Å². The van der Waals surface area contributed by atoms with E-state index < -0.39 is 0 Å². The van der Waals surface area contributed by atoms with Crippen LogP contribution in [-0.2, 0) is 4.79 Å². The summed E-state index contributed by atoms with van der Waals surface area (Å²) in [4.78, 5) is 29.3. The summed E-state index contributed by atoms with van der Waals surface area (Å²) in [6.07, 6.45) is 4.60. The van der Waals surface area contributed by atoms with Crippen LogP contribution in [0.25, 0.3) is 17.2 Å². The largest absolute Gasteiger partial charge is 0.365 e. The van der Waals surface area contributed by atoms with Crippen molar-refractivity contribution in [2.75, 3.05) is 37.4 Å². The Balaban J connectivity index is 1.64. The predicted octanol–water partition coefficient (Wildman–Crippen LogP) is 2.31. The van der Waals surface area contributed by atoms with Crippen LogP contribution in [0.4, 0.5) is 16.0 Å². The highest BCUT2D eigenvalue weighted by molar-refractivity contribution is 5.78. The van der Waals surface area contributed by atoms with Crippen LogP contribution in [0, 0.1) is 17.1 Å². The summed E-state index contributed by atoms with van der Waals surface area (Å²) in [7, 11) is 3.76. The van der Waals surface area contributed by atoms with E-state index in [1.54, 1.807) is 21.6 Å². The van der Waals surface area contributed by atoms with Gasteiger partial charge in [-0.3, -0.25) is 9.20 Å². The molecule has 1 saturated heterocycles. The minimum Gasteiger partial charge on any atom is -0.365 e. The lowest BCUT2D eigenvalue weighted by molar-refractivity contribution is -0.131.